The van der Waals surface area contributed by atoms with Crippen LogP contribution in [0.15, 0.2) is 53.5 Å². The summed E-state index contributed by atoms with van der Waals surface area (Å²) in [5, 5.41) is 0. The van der Waals surface area contributed by atoms with Crippen LogP contribution in [0, 0.1) is 0 Å². The monoisotopic (exact) mass is 308 g/mol. The number of hydrogen-bond donors (Lipinski definition) is 0. The third kappa shape index (κ3) is 3.45. The lowest BCUT2D eigenvalue weighted by Gasteiger charge is -2.25. The molecule has 1 heterocycles. The summed E-state index contributed by atoms with van der Waals surface area (Å²) in [6.07, 6.45) is 2.09. The van der Waals surface area contributed by atoms with Crippen molar-refractivity contribution in [2.24, 2.45) is 4.99 Å². The molecule has 0 aliphatic carbocycles. The predicted octanol–water partition coefficient (Wildman–Crippen LogP) is 3.41. The highest BCUT2D eigenvalue weighted by molar-refractivity contribution is 6.15. The lowest BCUT2D eigenvalue weighted by molar-refractivity contribution is 0.379. The van der Waals surface area contributed by atoms with Crippen molar-refractivity contribution in [3.05, 3.63) is 65.2 Å². The summed E-state index contributed by atoms with van der Waals surface area (Å²) < 4.78 is 5.56. The summed E-state index contributed by atoms with van der Waals surface area (Å²) in [6.45, 7) is 1.05. The highest BCUT2D eigenvalue weighted by atomic mass is 16.5. The topological polar surface area (TPSA) is 24.8 Å². The van der Waals surface area contributed by atoms with E-state index in [1.165, 1.54) is 11.1 Å². The molecule has 3 nitrogen and oxygen atoms in total. The summed E-state index contributed by atoms with van der Waals surface area (Å²) in [4.78, 5) is 7.30. The number of hydrogen-bond acceptors (Lipinski definition) is 3. The molecule has 0 radical (unpaired) electrons. The molecule has 1 aliphatic heterocycles. The van der Waals surface area contributed by atoms with Crippen molar-refractivity contribution in [3.63, 3.8) is 0 Å². The lowest BCUT2D eigenvalue weighted by atomic mass is 9.89. The highest BCUT2D eigenvalue weighted by Gasteiger charge is 2.23. The fourth-order valence-electron chi connectivity index (χ4n) is 3.11. The molecule has 3 heteroatoms. The molecule has 1 atom stereocenters. The van der Waals surface area contributed by atoms with Crippen molar-refractivity contribution in [3.8, 4) is 5.75 Å². The van der Waals surface area contributed by atoms with Crippen LogP contribution in [0.3, 0.4) is 0 Å². The van der Waals surface area contributed by atoms with Gasteiger partial charge in [0.2, 0.25) is 0 Å². The third-order valence-electron chi connectivity index (χ3n) is 4.31. The zero-order chi connectivity index (χ0) is 16.2. The molecule has 0 amide bonds. The fraction of sp³-hybridized carbons (Fsp3) is 0.350. The maximum Gasteiger partial charge on any atom is 0.128 e. The predicted molar refractivity (Wildman–Crippen MR) is 95.7 cm³/mol. The lowest BCUT2D eigenvalue weighted by Crippen LogP contribution is -2.26. The minimum absolute atomic E-state index is 0.326. The molecule has 23 heavy (non-hydrogen) atoms. The second kappa shape index (κ2) is 6.97. The van der Waals surface area contributed by atoms with E-state index in [4.69, 9.17) is 9.73 Å². The molecular formula is C20H24N2O. The first-order valence-electron chi connectivity index (χ1n) is 8.13. The van der Waals surface area contributed by atoms with Gasteiger partial charge in [-0.2, -0.15) is 0 Å². The zero-order valence-corrected chi connectivity index (χ0v) is 14.1. The van der Waals surface area contributed by atoms with Gasteiger partial charge in [0, 0.05) is 11.1 Å². The van der Waals surface area contributed by atoms with Crippen molar-refractivity contribution in [1.82, 2.24) is 4.90 Å². The van der Waals surface area contributed by atoms with Gasteiger partial charge in [0.25, 0.3) is 0 Å². The molecule has 0 aromatic heterocycles. The van der Waals surface area contributed by atoms with E-state index in [9.17, 15) is 0 Å². The van der Waals surface area contributed by atoms with E-state index in [2.05, 4.69) is 49.3 Å². The molecule has 0 saturated carbocycles. The third-order valence-corrected chi connectivity index (χ3v) is 4.31. The molecule has 3 rings (SSSR count). The van der Waals surface area contributed by atoms with Gasteiger partial charge in [-0.15, -0.1) is 0 Å². The Labute approximate surface area is 138 Å². The molecule has 2 aromatic carbocycles. The Hall–Kier alpha value is -2.13. The van der Waals surface area contributed by atoms with Gasteiger partial charge in [-0.25, -0.2) is 0 Å². The Morgan fingerprint density at radius 2 is 1.74 bits per heavy atom. The summed E-state index contributed by atoms with van der Waals surface area (Å²) >= 11 is 0. The van der Waals surface area contributed by atoms with E-state index in [-0.39, 0.29) is 0 Å². The first-order valence-corrected chi connectivity index (χ1v) is 8.13. The van der Waals surface area contributed by atoms with Gasteiger partial charge in [0.15, 0.2) is 0 Å². The number of benzene rings is 2. The summed E-state index contributed by atoms with van der Waals surface area (Å²) in [7, 11) is 5.95. The molecule has 0 fully saturated rings. The van der Waals surface area contributed by atoms with E-state index in [0.717, 1.165) is 36.4 Å². The molecule has 120 valence electrons. The Balaban J connectivity index is 2.02. The van der Waals surface area contributed by atoms with E-state index >= 15 is 0 Å². The Morgan fingerprint density at radius 1 is 1.04 bits per heavy atom. The molecule has 1 unspecified atom stereocenters. The molecule has 1 aliphatic rings. The van der Waals surface area contributed by atoms with Crippen LogP contribution in [-0.2, 0) is 6.42 Å². The van der Waals surface area contributed by atoms with Crippen LogP contribution in [0.1, 0.15) is 23.1 Å². The van der Waals surface area contributed by atoms with Crippen molar-refractivity contribution in [2.45, 2.75) is 18.9 Å². The van der Waals surface area contributed by atoms with Gasteiger partial charge in [0.1, 0.15) is 5.75 Å². The van der Waals surface area contributed by atoms with Crippen LogP contribution in [0.25, 0.3) is 0 Å². The summed E-state index contributed by atoms with van der Waals surface area (Å²) in [5.74, 6) is 0.884. The molecule has 0 N–H and O–H groups in total. The van der Waals surface area contributed by atoms with Gasteiger partial charge in [0.05, 0.1) is 18.9 Å². The molecule has 0 bridgehead atoms. The molecular weight excluding hydrogens is 284 g/mol. The number of methoxy groups -OCH3 is 1. The summed E-state index contributed by atoms with van der Waals surface area (Å²) in [6, 6.07) is 17.1. The first kappa shape index (κ1) is 15.8. The van der Waals surface area contributed by atoms with Gasteiger partial charge in [-0.1, -0.05) is 36.4 Å². The number of rotatable bonds is 5. The van der Waals surface area contributed by atoms with Gasteiger partial charge in [-0.05, 0) is 51.2 Å². The van der Waals surface area contributed by atoms with Crippen molar-refractivity contribution < 1.29 is 4.74 Å². The standard InChI is InChI=1S/C20H24N2O/c1-22(2)13-12-16-14-15-8-4-5-9-17(15)20(21-16)18-10-6-7-11-19(18)23-3/h4-11,16H,12-14H2,1-3H3. The molecule has 0 saturated heterocycles. The molecule has 2 aromatic rings. The normalized spacial score (nSPS) is 16.9. The Bertz CT molecular complexity index is 706. The van der Waals surface area contributed by atoms with Crippen molar-refractivity contribution in [2.75, 3.05) is 27.7 Å². The molecule has 0 spiro atoms. The van der Waals surface area contributed by atoms with Crippen molar-refractivity contribution in [1.29, 1.82) is 0 Å². The van der Waals surface area contributed by atoms with Crippen LogP contribution < -0.4 is 4.74 Å². The number of ether oxygens (including phenoxy) is 1. The van der Waals surface area contributed by atoms with Gasteiger partial charge >= 0.3 is 0 Å². The van der Waals surface area contributed by atoms with Crippen LogP contribution >= 0.6 is 0 Å². The largest absolute Gasteiger partial charge is 0.496 e. The van der Waals surface area contributed by atoms with Crippen LogP contribution in [-0.4, -0.2) is 44.4 Å². The van der Waals surface area contributed by atoms with Crippen molar-refractivity contribution >= 4 is 5.71 Å². The number of aliphatic imine (C=N–C) groups is 1. The van der Waals surface area contributed by atoms with E-state index in [1.54, 1.807) is 7.11 Å². The fourth-order valence-corrected chi connectivity index (χ4v) is 3.11. The van der Waals surface area contributed by atoms with Crippen LogP contribution in [0.5, 0.6) is 5.75 Å². The smallest absolute Gasteiger partial charge is 0.128 e. The second-order valence-electron chi connectivity index (χ2n) is 6.29. The minimum Gasteiger partial charge on any atom is -0.496 e. The van der Waals surface area contributed by atoms with Crippen LogP contribution in [0.4, 0.5) is 0 Å². The highest BCUT2D eigenvalue weighted by Crippen LogP contribution is 2.29. The van der Waals surface area contributed by atoms with E-state index in [0.29, 0.717) is 6.04 Å². The summed E-state index contributed by atoms with van der Waals surface area (Å²) in [5.41, 5.74) is 4.76. The van der Waals surface area contributed by atoms with Gasteiger partial charge in [-0.3, -0.25) is 4.99 Å². The van der Waals surface area contributed by atoms with Crippen LogP contribution in [0.2, 0.25) is 0 Å². The average Bonchev–Trinajstić information content (AvgIpc) is 2.59. The Kier molecular flexibility index (Phi) is 4.77. The number of nitrogens with zero attached hydrogens (tertiary/aromatic N) is 2. The quantitative estimate of drug-likeness (QED) is 0.845. The average molecular weight is 308 g/mol. The van der Waals surface area contributed by atoms with E-state index < -0.39 is 0 Å². The second-order valence-corrected chi connectivity index (χ2v) is 6.29. The van der Waals surface area contributed by atoms with E-state index in [1.807, 2.05) is 18.2 Å². The zero-order valence-electron chi connectivity index (χ0n) is 14.1. The minimum atomic E-state index is 0.326. The number of fused-ring (bicyclic) bond motifs is 1. The maximum atomic E-state index is 5.56. The van der Waals surface area contributed by atoms with Gasteiger partial charge < -0.3 is 9.64 Å². The number of para-hydroxylation sites is 1. The maximum absolute atomic E-state index is 5.56. The Morgan fingerprint density at radius 3 is 2.48 bits per heavy atom. The first-order chi connectivity index (χ1) is 11.2. The SMILES string of the molecule is COc1ccccc1C1=NC(CCN(C)C)Cc2ccccc21.